The summed E-state index contributed by atoms with van der Waals surface area (Å²) in [4.78, 5) is 33.4. The number of nitrogens with one attached hydrogen (secondary N) is 1. The lowest BCUT2D eigenvalue weighted by Crippen LogP contribution is -2.17. The molecule has 0 bridgehead atoms. The van der Waals surface area contributed by atoms with Crippen LogP contribution < -0.4 is 14.8 Å². The molecule has 2 amide bonds. The first-order valence-electron chi connectivity index (χ1n) is 7.75. The Hall–Kier alpha value is -3.33. The van der Waals surface area contributed by atoms with Crippen molar-refractivity contribution < 1.29 is 24.0 Å². The summed E-state index contributed by atoms with van der Waals surface area (Å²) in [6.07, 6.45) is 1.59. The van der Waals surface area contributed by atoms with Crippen molar-refractivity contribution in [3.8, 4) is 11.5 Å². The molecule has 0 aromatic heterocycles. The Bertz CT molecular complexity index is 939. The monoisotopic (exact) mass is 386 g/mol. The van der Waals surface area contributed by atoms with E-state index in [-0.39, 0.29) is 12.3 Å². The quantitative estimate of drug-likeness (QED) is 0.460. The normalized spacial score (nSPS) is 14.9. The average molecular weight is 386 g/mol. The topological polar surface area (TPSA) is 108 Å². The maximum atomic E-state index is 11.6. The van der Waals surface area contributed by atoms with Gasteiger partial charge in [0, 0.05) is 12.1 Å². The lowest BCUT2D eigenvalue weighted by Gasteiger charge is -2.11. The molecule has 1 heterocycles. The predicted octanol–water partition coefficient (Wildman–Crippen LogP) is 3.51. The molecule has 9 heteroatoms. The summed E-state index contributed by atoms with van der Waals surface area (Å²) in [6.45, 7) is 0.210. The Kier molecular flexibility index (Phi) is 5.41. The molecule has 1 aliphatic rings. The average Bonchev–Trinajstić information content (AvgIpc) is 2.97. The number of nitro benzene ring substituents is 1. The molecular weight excluding hydrogens is 372 g/mol. The number of methoxy groups -OCH3 is 1. The van der Waals surface area contributed by atoms with E-state index in [1.807, 2.05) is 0 Å². The van der Waals surface area contributed by atoms with Gasteiger partial charge in [0.1, 0.15) is 6.61 Å². The van der Waals surface area contributed by atoms with Gasteiger partial charge in [0.05, 0.1) is 16.9 Å². The van der Waals surface area contributed by atoms with Crippen LogP contribution in [0.25, 0.3) is 6.08 Å². The van der Waals surface area contributed by atoms with Crippen molar-refractivity contribution >= 4 is 34.7 Å². The van der Waals surface area contributed by atoms with Crippen LogP contribution in [-0.4, -0.2) is 23.2 Å². The van der Waals surface area contributed by atoms with Gasteiger partial charge in [-0.2, -0.15) is 0 Å². The smallest absolute Gasteiger partial charge is 0.290 e. The molecule has 2 aromatic rings. The molecule has 138 valence electrons. The van der Waals surface area contributed by atoms with Crippen LogP contribution >= 0.6 is 11.8 Å². The highest BCUT2D eigenvalue weighted by atomic mass is 32.2. The van der Waals surface area contributed by atoms with Crippen LogP contribution in [0.2, 0.25) is 0 Å². The predicted molar refractivity (Wildman–Crippen MR) is 99.5 cm³/mol. The standard InChI is InChI=1S/C18H14N2O6S/c1-25-15-8-12(9-16-17(21)19-18(22)27-16)4-7-14(15)26-10-11-2-5-13(6-3-11)20(23)24/h2-9H,10H2,1H3,(H,19,21,22)/b16-9+. The summed E-state index contributed by atoms with van der Waals surface area (Å²) < 4.78 is 11.0. The summed E-state index contributed by atoms with van der Waals surface area (Å²) >= 11 is 0.838. The fourth-order valence-electron chi connectivity index (χ4n) is 2.34. The molecule has 1 N–H and O–H groups in total. The van der Waals surface area contributed by atoms with Crippen LogP contribution in [0.4, 0.5) is 10.5 Å². The highest BCUT2D eigenvalue weighted by Crippen LogP contribution is 2.32. The fraction of sp³-hybridized carbons (Fsp3) is 0.111. The Labute approximate surface area is 158 Å². The number of carbonyl (C=O) groups is 2. The summed E-state index contributed by atoms with van der Waals surface area (Å²) in [5.41, 5.74) is 1.47. The maximum Gasteiger partial charge on any atom is 0.290 e. The molecule has 8 nitrogen and oxygen atoms in total. The minimum Gasteiger partial charge on any atom is -0.493 e. The highest BCUT2D eigenvalue weighted by Gasteiger charge is 2.25. The van der Waals surface area contributed by atoms with Gasteiger partial charge in [-0.05, 0) is 53.2 Å². The van der Waals surface area contributed by atoms with E-state index in [1.165, 1.54) is 19.2 Å². The van der Waals surface area contributed by atoms with E-state index in [0.29, 0.717) is 22.0 Å². The molecular formula is C18H14N2O6S. The number of ether oxygens (including phenoxy) is 2. The van der Waals surface area contributed by atoms with Gasteiger partial charge < -0.3 is 9.47 Å². The van der Waals surface area contributed by atoms with E-state index in [0.717, 1.165) is 17.3 Å². The first-order chi connectivity index (χ1) is 13.0. The molecule has 27 heavy (non-hydrogen) atoms. The van der Waals surface area contributed by atoms with Crippen LogP contribution in [0.3, 0.4) is 0 Å². The van der Waals surface area contributed by atoms with E-state index in [1.54, 1.807) is 36.4 Å². The number of nitrogens with zero attached hydrogens (tertiary/aromatic N) is 1. The second-order valence-corrected chi connectivity index (χ2v) is 6.49. The van der Waals surface area contributed by atoms with E-state index in [9.17, 15) is 19.7 Å². The van der Waals surface area contributed by atoms with E-state index >= 15 is 0 Å². The van der Waals surface area contributed by atoms with Gasteiger partial charge >= 0.3 is 0 Å². The van der Waals surface area contributed by atoms with Gasteiger partial charge in [-0.15, -0.1) is 0 Å². The van der Waals surface area contributed by atoms with Gasteiger partial charge in [0.2, 0.25) is 0 Å². The lowest BCUT2D eigenvalue weighted by molar-refractivity contribution is -0.384. The first-order valence-corrected chi connectivity index (χ1v) is 8.57. The van der Waals surface area contributed by atoms with Gasteiger partial charge in [0.15, 0.2) is 11.5 Å². The number of carbonyl (C=O) groups excluding carboxylic acids is 2. The number of amides is 2. The summed E-state index contributed by atoms with van der Waals surface area (Å²) in [7, 11) is 1.49. The number of benzene rings is 2. The van der Waals surface area contributed by atoms with E-state index < -0.39 is 16.1 Å². The van der Waals surface area contributed by atoms with Crippen LogP contribution in [0.5, 0.6) is 11.5 Å². The fourth-order valence-corrected chi connectivity index (χ4v) is 3.02. The number of nitro groups is 1. The van der Waals surface area contributed by atoms with Crippen LogP contribution in [0.1, 0.15) is 11.1 Å². The Morgan fingerprint density at radius 3 is 2.48 bits per heavy atom. The molecule has 1 fully saturated rings. The van der Waals surface area contributed by atoms with Crippen molar-refractivity contribution in [3.63, 3.8) is 0 Å². The molecule has 0 aliphatic carbocycles. The molecule has 0 radical (unpaired) electrons. The Morgan fingerprint density at radius 1 is 1.15 bits per heavy atom. The number of rotatable bonds is 6. The number of thioether (sulfide) groups is 1. The van der Waals surface area contributed by atoms with Gasteiger partial charge in [-0.25, -0.2) is 0 Å². The molecule has 1 saturated heterocycles. The SMILES string of the molecule is COc1cc(/C=C2/SC(=O)NC2=O)ccc1OCc1ccc([N+](=O)[O-])cc1. The molecule has 1 aliphatic heterocycles. The maximum absolute atomic E-state index is 11.6. The van der Waals surface area contributed by atoms with E-state index in [4.69, 9.17) is 9.47 Å². The van der Waals surface area contributed by atoms with Gasteiger partial charge in [-0.3, -0.25) is 25.0 Å². The number of imide groups is 1. The van der Waals surface area contributed by atoms with Crippen molar-refractivity contribution in [3.05, 3.63) is 68.6 Å². The van der Waals surface area contributed by atoms with Gasteiger partial charge in [-0.1, -0.05) is 6.07 Å². The first kappa shape index (κ1) is 18.5. The van der Waals surface area contributed by atoms with Gasteiger partial charge in [0.25, 0.3) is 16.8 Å². The summed E-state index contributed by atoms with van der Waals surface area (Å²) in [5, 5.41) is 12.5. The van der Waals surface area contributed by atoms with E-state index in [2.05, 4.69) is 5.32 Å². The van der Waals surface area contributed by atoms with Crippen LogP contribution in [0, 0.1) is 10.1 Å². The zero-order valence-electron chi connectivity index (χ0n) is 14.1. The Balaban J connectivity index is 1.73. The highest BCUT2D eigenvalue weighted by molar-refractivity contribution is 8.18. The second kappa shape index (κ2) is 7.92. The number of hydrogen-bond donors (Lipinski definition) is 1. The number of non-ortho nitro benzene ring substituents is 1. The van der Waals surface area contributed by atoms with Crippen LogP contribution in [0.15, 0.2) is 47.4 Å². The molecule has 0 atom stereocenters. The van der Waals surface area contributed by atoms with Crippen LogP contribution in [-0.2, 0) is 11.4 Å². The largest absolute Gasteiger partial charge is 0.493 e. The molecule has 0 unspecified atom stereocenters. The third-order valence-corrected chi connectivity index (χ3v) is 4.48. The minimum absolute atomic E-state index is 0.0148. The summed E-state index contributed by atoms with van der Waals surface area (Å²) in [6, 6.07) is 11.2. The third kappa shape index (κ3) is 4.45. The Morgan fingerprint density at radius 2 is 1.89 bits per heavy atom. The second-order valence-electron chi connectivity index (χ2n) is 5.47. The van der Waals surface area contributed by atoms with Crippen molar-refractivity contribution in [1.82, 2.24) is 5.32 Å². The van der Waals surface area contributed by atoms with Crippen molar-refractivity contribution in [1.29, 1.82) is 0 Å². The zero-order chi connectivity index (χ0) is 19.4. The molecule has 0 saturated carbocycles. The van der Waals surface area contributed by atoms with Crippen molar-refractivity contribution in [2.45, 2.75) is 6.61 Å². The third-order valence-electron chi connectivity index (χ3n) is 3.67. The molecule has 2 aromatic carbocycles. The van der Waals surface area contributed by atoms with Crippen molar-refractivity contribution in [2.24, 2.45) is 0 Å². The number of hydrogen-bond acceptors (Lipinski definition) is 7. The lowest BCUT2D eigenvalue weighted by atomic mass is 10.2. The minimum atomic E-state index is -0.461. The molecule has 0 spiro atoms. The zero-order valence-corrected chi connectivity index (χ0v) is 14.9. The summed E-state index contributed by atoms with van der Waals surface area (Å²) in [5.74, 6) is 0.515. The molecule has 3 rings (SSSR count). The van der Waals surface area contributed by atoms with Crippen molar-refractivity contribution in [2.75, 3.05) is 7.11 Å².